The molecule has 152 valence electrons. The van der Waals surface area contributed by atoms with Gasteiger partial charge in [-0.1, -0.05) is 31.0 Å². The van der Waals surface area contributed by atoms with Crippen molar-refractivity contribution >= 4 is 22.6 Å². The van der Waals surface area contributed by atoms with E-state index in [-0.39, 0.29) is 17.9 Å². The molecule has 0 bridgehead atoms. The zero-order valence-electron chi connectivity index (χ0n) is 17.4. The Hall–Kier alpha value is -2.89. The molecule has 0 unspecified atom stereocenters. The van der Waals surface area contributed by atoms with Crippen LogP contribution in [0.1, 0.15) is 48.8 Å². The third kappa shape index (κ3) is 4.26. The lowest BCUT2D eigenvalue weighted by molar-refractivity contribution is -0.125. The van der Waals surface area contributed by atoms with E-state index in [1.54, 1.807) is 0 Å². The Morgan fingerprint density at radius 1 is 1.24 bits per heavy atom. The number of para-hydroxylation sites is 1. The Balaban J connectivity index is 1.68. The van der Waals surface area contributed by atoms with Crippen molar-refractivity contribution in [1.82, 2.24) is 20.3 Å². The monoisotopic (exact) mass is 391 g/mol. The topological polar surface area (TPSA) is 73.9 Å². The second kappa shape index (κ2) is 8.23. The number of amides is 1. The van der Waals surface area contributed by atoms with Crippen LogP contribution in [0.4, 0.5) is 5.82 Å². The number of nitrogens with zero attached hydrogens (tertiary/aromatic N) is 3. The van der Waals surface area contributed by atoms with Crippen LogP contribution in [-0.4, -0.2) is 35.0 Å². The molecular weight excluding hydrogens is 362 g/mol. The zero-order chi connectivity index (χ0) is 20.4. The van der Waals surface area contributed by atoms with Crippen LogP contribution in [0.5, 0.6) is 0 Å². The molecule has 0 radical (unpaired) electrons. The van der Waals surface area contributed by atoms with E-state index >= 15 is 0 Å². The maximum Gasteiger partial charge on any atom is 0.223 e. The first-order valence-corrected chi connectivity index (χ1v) is 10.4. The lowest BCUT2D eigenvalue weighted by Gasteiger charge is -2.22. The van der Waals surface area contributed by atoms with Crippen molar-refractivity contribution in [1.29, 1.82) is 0 Å². The number of carbonyl (C=O) groups excluding carboxylic acids is 1. The van der Waals surface area contributed by atoms with E-state index in [0.717, 1.165) is 42.7 Å². The number of hydrogen-bond donors (Lipinski definition) is 2. The van der Waals surface area contributed by atoms with Gasteiger partial charge in [-0.3, -0.25) is 4.79 Å². The van der Waals surface area contributed by atoms with Crippen LogP contribution in [0.3, 0.4) is 0 Å². The Morgan fingerprint density at radius 3 is 2.76 bits per heavy atom. The highest BCUT2D eigenvalue weighted by Gasteiger charge is 2.27. The molecule has 1 atom stereocenters. The highest BCUT2D eigenvalue weighted by molar-refractivity contribution is 5.83. The molecule has 0 spiro atoms. The van der Waals surface area contributed by atoms with Crippen molar-refractivity contribution in [2.45, 2.75) is 45.1 Å². The molecule has 1 fully saturated rings. The van der Waals surface area contributed by atoms with Crippen LogP contribution in [0.15, 0.2) is 36.5 Å². The van der Waals surface area contributed by atoms with Crippen molar-refractivity contribution in [2.24, 2.45) is 5.92 Å². The van der Waals surface area contributed by atoms with E-state index in [1.165, 1.54) is 10.9 Å². The smallest absolute Gasteiger partial charge is 0.223 e. The lowest BCUT2D eigenvalue weighted by atomic mass is 10.00. The van der Waals surface area contributed by atoms with Crippen LogP contribution < -0.4 is 10.2 Å². The van der Waals surface area contributed by atoms with Crippen molar-refractivity contribution in [3.05, 3.63) is 53.6 Å². The van der Waals surface area contributed by atoms with Gasteiger partial charge >= 0.3 is 0 Å². The molecule has 6 heteroatoms. The normalized spacial score (nSPS) is 15.6. The van der Waals surface area contributed by atoms with Gasteiger partial charge < -0.3 is 15.2 Å². The zero-order valence-corrected chi connectivity index (χ0v) is 17.4. The average molecular weight is 392 g/mol. The Morgan fingerprint density at radius 2 is 2.00 bits per heavy atom. The van der Waals surface area contributed by atoms with E-state index in [4.69, 9.17) is 4.98 Å². The fraction of sp³-hybridized carbons (Fsp3) is 0.435. The minimum Gasteiger partial charge on any atom is -0.363 e. The number of nitrogens with one attached hydrogen (secondary N) is 2. The molecule has 0 saturated heterocycles. The molecule has 2 N–H and O–H groups in total. The summed E-state index contributed by atoms with van der Waals surface area (Å²) in [6, 6.07) is 10.1. The summed E-state index contributed by atoms with van der Waals surface area (Å²) in [6.07, 6.45) is 6.98. The molecule has 4 rings (SSSR count). The maximum absolute atomic E-state index is 13.0. The second-order valence-corrected chi connectivity index (χ2v) is 8.20. The van der Waals surface area contributed by atoms with Crippen molar-refractivity contribution in [2.75, 3.05) is 19.0 Å². The SMILES string of the molecule is Cc1nc([C@@H](Cc2c[nH]c3ccccc23)NC(=O)C2CCCC2)cc(N(C)C)n1. The fourth-order valence-electron chi connectivity index (χ4n) is 4.21. The quantitative estimate of drug-likeness (QED) is 0.668. The Kier molecular flexibility index (Phi) is 5.51. The first-order valence-electron chi connectivity index (χ1n) is 10.4. The predicted molar refractivity (Wildman–Crippen MR) is 116 cm³/mol. The van der Waals surface area contributed by atoms with Crippen LogP contribution in [-0.2, 0) is 11.2 Å². The summed E-state index contributed by atoms with van der Waals surface area (Å²) in [6.45, 7) is 1.90. The molecule has 6 nitrogen and oxygen atoms in total. The number of rotatable bonds is 6. The van der Waals surface area contributed by atoms with E-state index in [9.17, 15) is 4.79 Å². The van der Waals surface area contributed by atoms with E-state index < -0.39 is 0 Å². The number of benzene rings is 1. The molecule has 1 amide bonds. The number of anilines is 1. The number of aryl methyl sites for hydroxylation is 1. The summed E-state index contributed by atoms with van der Waals surface area (Å²) in [4.78, 5) is 27.5. The van der Waals surface area contributed by atoms with Crippen molar-refractivity contribution < 1.29 is 4.79 Å². The average Bonchev–Trinajstić information content (AvgIpc) is 3.37. The summed E-state index contributed by atoms with van der Waals surface area (Å²) in [5.41, 5.74) is 3.15. The van der Waals surface area contributed by atoms with Gasteiger partial charge in [-0.2, -0.15) is 0 Å². The number of hydrogen-bond acceptors (Lipinski definition) is 4. The number of carbonyl (C=O) groups is 1. The Bertz CT molecular complexity index is 1000. The molecule has 1 saturated carbocycles. The first kappa shape index (κ1) is 19.4. The van der Waals surface area contributed by atoms with E-state index in [1.807, 2.05) is 50.3 Å². The van der Waals surface area contributed by atoms with Gasteiger partial charge in [0.15, 0.2) is 0 Å². The van der Waals surface area contributed by atoms with E-state index in [2.05, 4.69) is 27.4 Å². The molecular formula is C23H29N5O. The minimum atomic E-state index is -0.192. The standard InChI is InChI=1S/C23H29N5O/c1-15-25-21(13-22(26-15)28(2)3)20(27-23(29)16-8-4-5-9-16)12-17-14-24-19-11-7-6-10-18(17)19/h6-7,10-11,13-14,16,20,24H,4-5,8-9,12H2,1-3H3,(H,27,29)/t20-/m1/s1. The lowest BCUT2D eigenvalue weighted by Crippen LogP contribution is -2.35. The summed E-state index contributed by atoms with van der Waals surface area (Å²) in [5, 5.41) is 4.50. The molecule has 3 aromatic rings. The summed E-state index contributed by atoms with van der Waals surface area (Å²) < 4.78 is 0. The van der Waals surface area contributed by atoms with Gasteiger partial charge in [0.25, 0.3) is 0 Å². The van der Waals surface area contributed by atoms with Gasteiger partial charge in [0.05, 0.1) is 11.7 Å². The van der Waals surface area contributed by atoms with Crippen LogP contribution in [0, 0.1) is 12.8 Å². The largest absolute Gasteiger partial charge is 0.363 e. The number of aromatic nitrogens is 3. The molecule has 2 aromatic heterocycles. The van der Waals surface area contributed by atoms with Crippen molar-refractivity contribution in [3.8, 4) is 0 Å². The molecule has 29 heavy (non-hydrogen) atoms. The van der Waals surface area contributed by atoms with Gasteiger partial charge in [0.2, 0.25) is 5.91 Å². The molecule has 1 aromatic carbocycles. The summed E-state index contributed by atoms with van der Waals surface area (Å²) >= 11 is 0. The summed E-state index contributed by atoms with van der Waals surface area (Å²) in [5.74, 6) is 1.84. The van der Waals surface area contributed by atoms with Gasteiger partial charge in [-0.15, -0.1) is 0 Å². The molecule has 0 aliphatic heterocycles. The molecule has 1 aliphatic carbocycles. The Labute approximate surface area is 171 Å². The van der Waals surface area contributed by atoms with Crippen LogP contribution >= 0.6 is 0 Å². The van der Waals surface area contributed by atoms with E-state index in [0.29, 0.717) is 12.2 Å². The van der Waals surface area contributed by atoms with Gasteiger partial charge in [0.1, 0.15) is 11.6 Å². The number of H-pyrrole nitrogens is 1. The van der Waals surface area contributed by atoms with Gasteiger partial charge in [0, 0.05) is 49.6 Å². The first-order chi connectivity index (χ1) is 14.0. The maximum atomic E-state index is 13.0. The van der Waals surface area contributed by atoms with Crippen LogP contribution in [0.25, 0.3) is 10.9 Å². The fourth-order valence-corrected chi connectivity index (χ4v) is 4.21. The van der Waals surface area contributed by atoms with Crippen molar-refractivity contribution in [3.63, 3.8) is 0 Å². The highest BCUT2D eigenvalue weighted by atomic mass is 16.1. The minimum absolute atomic E-state index is 0.122. The highest BCUT2D eigenvalue weighted by Crippen LogP contribution is 2.28. The number of aromatic amines is 1. The van der Waals surface area contributed by atoms with Gasteiger partial charge in [-0.05, 0) is 31.4 Å². The third-order valence-electron chi connectivity index (χ3n) is 5.80. The van der Waals surface area contributed by atoms with Gasteiger partial charge in [-0.25, -0.2) is 9.97 Å². The number of fused-ring (bicyclic) bond motifs is 1. The molecule has 1 aliphatic rings. The molecule has 2 heterocycles. The van der Waals surface area contributed by atoms with Crippen LogP contribution in [0.2, 0.25) is 0 Å². The third-order valence-corrected chi connectivity index (χ3v) is 5.80. The predicted octanol–water partition coefficient (Wildman–Crippen LogP) is 3.92. The second-order valence-electron chi connectivity index (χ2n) is 8.20. The summed E-state index contributed by atoms with van der Waals surface area (Å²) in [7, 11) is 3.94.